The van der Waals surface area contributed by atoms with Gasteiger partial charge >= 0.3 is 6.01 Å². The normalized spacial score (nSPS) is 21.8. The van der Waals surface area contributed by atoms with Crippen molar-refractivity contribution in [3.8, 4) is 11.5 Å². The molecule has 1 aliphatic carbocycles. The number of amides is 3. The van der Waals surface area contributed by atoms with Gasteiger partial charge in [-0.2, -0.15) is 4.31 Å². The fourth-order valence-corrected chi connectivity index (χ4v) is 7.34. The number of fused-ring (bicyclic) bond motifs is 1. The molecule has 0 bridgehead atoms. The summed E-state index contributed by atoms with van der Waals surface area (Å²) >= 11 is 6.64. The predicted octanol–water partition coefficient (Wildman–Crippen LogP) is 2.65. The lowest BCUT2D eigenvalue weighted by Crippen LogP contribution is -2.52. The molecule has 1 aromatic heterocycles. The summed E-state index contributed by atoms with van der Waals surface area (Å²) in [7, 11) is -3.49. The zero-order valence-corrected chi connectivity index (χ0v) is 23.3. The van der Waals surface area contributed by atoms with E-state index in [0.717, 1.165) is 24.8 Å². The Balaban J connectivity index is 1.09. The summed E-state index contributed by atoms with van der Waals surface area (Å²) in [6.45, 7) is 1.27. The standard InChI is InChI=1S/C27H25ClN6O6S/c28-20-13-16(12-18-19(20)14-34(25(18)37)21-6-7-22(35)29-23(21)36)27(8-9-27)30-26-32-31-24(40-26)15-2-4-17(5-3-15)41(38,39)33-10-1-11-33/h2-5,12-13,21H,1,6-11,14H2,(H,30,32)(H,29,35,36). The van der Waals surface area contributed by atoms with E-state index in [9.17, 15) is 22.8 Å². The molecule has 212 valence electrons. The van der Waals surface area contributed by atoms with Crippen LogP contribution < -0.4 is 10.6 Å². The van der Waals surface area contributed by atoms with Gasteiger partial charge in [-0.25, -0.2) is 8.42 Å². The van der Waals surface area contributed by atoms with E-state index in [1.165, 1.54) is 21.3 Å². The van der Waals surface area contributed by atoms with Gasteiger partial charge in [0.15, 0.2) is 0 Å². The molecule has 12 nitrogen and oxygen atoms in total. The van der Waals surface area contributed by atoms with E-state index >= 15 is 0 Å². The van der Waals surface area contributed by atoms with Crippen LogP contribution in [0.15, 0.2) is 45.7 Å². The summed E-state index contributed by atoms with van der Waals surface area (Å²) < 4.78 is 32.5. The quantitative estimate of drug-likeness (QED) is 0.392. The van der Waals surface area contributed by atoms with E-state index in [0.29, 0.717) is 34.8 Å². The molecule has 1 atom stereocenters. The number of nitrogens with zero attached hydrogens (tertiary/aromatic N) is 4. The number of halogens is 1. The van der Waals surface area contributed by atoms with Crippen LogP contribution in [-0.2, 0) is 31.7 Å². The summed E-state index contributed by atoms with van der Waals surface area (Å²) in [5.74, 6) is -0.876. The Morgan fingerprint density at radius 3 is 2.49 bits per heavy atom. The minimum atomic E-state index is -3.49. The molecule has 0 radical (unpaired) electrons. The third kappa shape index (κ3) is 4.39. The maximum atomic E-state index is 13.3. The van der Waals surface area contributed by atoms with Crippen LogP contribution in [0.4, 0.5) is 6.01 Å². The summed E-state index contributed by atoms with van der Waals surface area (Å²) in [5.41, 5.74) is 1.91. The van der Waals surface area contributed by atoms with Gasteiger partial charge in [0.25, 0.3) is 5.91 Å². The Kier molecular flexibility index (Phi) is 5.96. The lowest BCUT2D eigenvalue weighted by molar-refractivity contribution is -0.136. The molecule has 1 saturated carbocycles. The molecule has 4 heterocycles. The second kappa shape index (κ2) is 9.36. The average molecular weight is 597 g/mol. The number of imide groups is 1. The number of hydrogen-bond acceptors (Lipinski definition) is 9. The van der Waals surface area contributed by atoms with Crippen molar-refractivity contribution >= 4 is 45.4 Å². The van der Waals surface area contributed by atoms with Crippen LogP contribution in [-0.4, -0.2) is 64.7 Å². The number of rotatable bonds is 7. The molecule has 2 aromatic carbocycles. The van der Waals surface area contributed by atoms with Crippen molar-refractivity contribution in [3.63, 3.8) is 0 Å². The summed E-state index contributed by atoms with van der Waals surface area (Å²) in [6, 6.07) is 9.41. The van der Waals surface area contributed by atoms with Gasteiger partial charge in [0.2, 0.25) is 27.7 Å². The second-order valence-electron chi connectivity index (χ2n) is 10.8. The van der Waals surface area contributed by atoms with Gasteiger partial charge in [-0.3, -0.25) is 19.7 Å². The van der Waals surface area contributed by atoms with Gasteiger partial charge in [-0.1, -0.05) is 16.7 Å². The Hall–Kier alpha value is -3.81. The lowest BCUT2D eigenvalue weighted by Gasteiger charge is -2.29. The molecule has 7 rings (SSSR count). The Morgan fingerprint density at radius 1 is 1.07 bits per heavy atom. The fourth-order valence-electron chi connectivity index (χ4n) is 5.54. The number of carbonyl (C=O) groups is 3. The van der Waals surface area contributed by atoms with Crippen molar-refractivity contribution in [3.05, 3.63) is 58.1 Å². The van der Waals surface area contributed by atoms with E-state index in [1.54, 1.807) is 18.2 Å². The molecule has 3 aromatic rings. The van der Waals surface area contributed by atoms with Crippen molar-refractivity contribution in [2.75, 3.05) is 18.4 Å². The van der Waals surface area contributed by atoms with Crippen LogP contribution >= 0.6 is 11.6 Å². The molecule has 3 fully saturated rings. The van der Waals surface area contributed by atoms with Gasteiger partial charge in [-0.05, 0) is 67.6 Å². The highest BCUT2D eigenvalue weighted by Gasteiger charge is 2.48. The molecule has 41 heavy (non-hydrogen) atoms. The third-order valence-electron chi connectivity index (χ3n) is 8.23. The number of aromatic nitrogens is 2. The van der Waals surface area contributed by atoms with E-state index in [4.69, 9.17) is 16.0 Å². The van der Waals surface area contributed by atoms with Gasteiger partial charge in [0.05, 0.1) is 10.4 Å². The molecule has 1 unspecified atom stereocenters. The molecule has 2 N–H and O–H groups in total. The van der Waals surface area contributed by atoms with Crippen molar-refractivity contribution in [2.45, 2.75) is 55.1 Å². The zero-order valence-electron chi connectivity index (χ0n) is 21.7. The van der Waals surface area contributed by atoms with Crippen LogP contribution in [0.25, 0.3) is 11.5 Å². The van der Waals surface area contributed by atoms with Crippen LogP contribution in [0, 0.1) is 0 Å². The van der Waals surface area contributed by atoms with Crippen molar-refractivity contribution in [1.82, 2.24) is 24.7 Å². The number of sulfonamides is 1. The number of piperidine rings is 1. The SMILES string of the molecule is O=C1CCC(N2Cc3c(Cl)cc(C4(Nc5nnc(-c6ccc(S(=O)(=O)N7CCC7)cc6)o5)CC4)cc3C2=O)C(=O)N1. The first kappa shape index (κ1) is 26.1. The van der Waals surface area contributed by atoms with Crippen LogP contribution in [0.3, 0.4) is 0 Å². The van der Waals surface area contributed by atoms with Crippen LogP contribution in [0.5, 0.6) is 0 Å². The fraction of sp³-hybridized carbons (Fsp3) is 0.370. The van der Waals surface area contributed by atoms with Crippen LogP contribution in [0.2, 0.25) is 5.02 Å². The molecular weight excluding hydrogens is 572 g/mol. The van der Waals surface area contributed by atoms with E-state index in [-0.39, 0.29) is 48.0 Å². The first-order valence-electron chi connectivity index (χ1n) is 13.3. The molecular formula is C27H25ClN6O6S. The lowest BCUT2D eigenvalue weighted by atomic mass is 9.99. The molecule has 0 spiro atoms. The van der Waals surface area contributed by atoms with E-state index in [2.05, 4.69) is 20.8 Å². The molecule has 3 amide bonds. The Morgan fingerprint density at radius 2 is 1.83 bits per heavy atom. The minimum absolute atomic E-state index is 0.177. The van der Waals surface area contributed by atoms with Gasteiger partial charge in [-0.15, -0.1) is 5.10 Å². The maximum Gasteiger partial charge on any atom is 0.316 e. The minimum Gasteiger partial charge on any atom is -0.403 e. The topological polar surface area (TPSA) is 155 Å². The first-order chi connectivity index (χ1) is 19.6. The Labute approximate surface area is 240 Å². The molecule has 3 aliphatic heterocycles. The maximum absolute atomic E-state index is 13.3. The summed E-state index contributed by atoms with van der Waals surface area (Å²) in [6.07, 6.45) is 2.81. The largest absolute Gasteiger partial charge is 0.403 e. The first-order valence-corrected chi connectivity index (χ1v) is 15.2. The second-order valence-corrected chi connectivity index (χ2v) is 13.1. The number of nitrogens with one attached hydrogen (secondary N) is 2. The van der Waals surface area contributed by atoms with Gasteiger partial charge in [0.1, 0.15) is 6.04 Å². The summed E-state index contributed by atoms with van der Waals surface area (Å²) in [4.78, 5) is 39.0. The number of hydrogen-bond donors (Lipinski definition) is 2. The number of carbonyl (C=O) groups excluding carboxylic acids is 3. The van der Waals surface area contributed by atoms with Gasteiger partial charge in [0, 0.05) is 47.8 Å². The smallest absolute Gasteiger partial charge is 0.316 e. The molecule has 2 saturated heterocycles. The summed E-state index contributed by atoms with van der Waals surface area (Å²) in [5, 5.41) is 14.3. The van der Waals surface area contributed by atoms with Gasteiger partial charge < -0.3 is 14.6 Å². The molecule has 4 aliphatic rings. The highest BCUT2D eigenvalue weighted by atomic mass is 35.5. The number of benzene rings is 2. The third-order valence-corrected chi connectivity index (χ3v) is 10.5. The highest BCUT2D eigenvalue weighted by Crippen LogP contribution is 2.50. The average Bonchev–Trinajstić information content (AvgIpc) is 3.40. The van der Waals surface area contributed by atoms with E-state index < -0.39 is 27.5 Å². The predicted molar refractivity (Wildman–Crippen MR) is 145 cm³/mol. The number of anilines is 1. The van der Waals surface area contributed by atoms with Crippen molar-refractivity contribution in [2.24, 2.45) is 0 Å². The zero-order chi connectivity index (χ0) is 28.5. The van der Waals surface area contributed by atoms with Crippen molar-refractivity contribution < 1.29 is 27.2 Å². The molecule has 14 heteroatoms. The Bertz CT molecular complexity index is 1710. The monoisotopic (exact) mass is 596 g/mol. The highest BCUT2D eigenvalue weighted by molar-refractivity contribution is 7.89. The van der Waals surface area contributed by atoms with E-state index in [1.807, 2.05) is 6.07 Å². The van der Waals surface area contributed by atoms with Crippen LogP contribution in [0.1, 0.15) is 53.6 Å². The van der Waals surface area contributed by atoms with Crippen molar-refractivity contribution in [1.29, 1.82) is 0 Å².